The number of hydrogen-bond acceptors (Lipinski definition) is 2. The number of likely N-dealkylation sites (N-methyl/N-ethyl adjacent to an activating group) is 1. The highest BCUT2D eigenvalue weighted by Gasteiger charge is 2.53. The van der Waals surface area contributed by atoms with Gasteiger partial charge in [0.2, 0.25) is 0 Å². The second-order valence-corrected chi connectivity index (χ2v) is 7.12. The lowest BCUT2D eigenvalue weighted by molar-refractivity contribution is 0.428. The largest absolute Gasteiger partial charge is 0.314 e. The zero-order valence-corrected chi connectivity index (χ0v) is 14.3. The molecule has 2 aliphatic carbocycles. The van der Waals surface area contributed by atoms with Crippen LogP contribution in [0.3, 0.4) is 0 Å². The summed E-state index contributed by atoms with van der Waals surface area (Å²) < 4.78 is 2.00. The normalized spacial score (nSPS) is 29.2. The molecule has 0 aromatic carbocycles. The molecule has 3 rings (SSSR count). The lowest BCUT2D eigenvalue weighted by atomic mass is 10.0. The van der Waals surface area contributed by atoms with E-state index in [9.17, 15) is 0 Å². The lowest BCUT2D eigenvalue weighted by Crippen LogP contribution is -2.34. The molecule has 4 heteroatoms. The van der Waals surface area contributed by atoms with Crippen molar-refractivity contribution in [1.29, 1.82) is 0 Å². The van der Waals surface area contributed by atoms with Crippen LogP contribution in [-0.4, -0.2) is 22.4 Å². The maximum Gasteiger partial charge on any atom is 0.0850 e. The van der Waals surface area contributed by atoms with E-state index in [0.29, 0.717) is 6.04 Å². The number of halogens is 1. The molecular weight excluding hydrogens is 282 g/mol. The summed E-state index contributed by atoms with van der Waals surface area (Å²) in [6.45, 7) is 5.37. The third kappa shape index (κ3) is 2.87. The number of aryl methyl sites for hydroxylation is 2. The third-order valence-electron chi connectivity index (χ3n) is 5.57. The van der Waals surface area contributed by atoms with Gasteiger partial charge < -0.3 is 5.32 Å². The zero-order valence-electron chi connectivity index (χ0n) is 13.5. The van der Waals surface area contributed by atoms with Crippen LogP contribution in [0.5, 0.6) is 0 Å². The Morgan fingerprint density at radius 2 is 1.95 bits per heavy atom. The zero-order chi connectivity index (χ0) is 15.0. The fraction of sp³-hybridized carbons (Fsp3) is 0.824. The van der Waals surface area contributed by atoms with Crippen molar-refractivity contribution in [3.8, 4) is 0 Å². The number of fused-ring (bicyclic) bond motifs is 1. The van der Waals surface area contributed by atoms with Crippen LogP contribution in [0.1, 0.15) is 50.9 Å². The first-order valence-corrected chi connectivity index (χ1v) is 8.98. The Morgan fingerprint density at radius 1 is 1.29 bits per heavy atom. The summed E-state index contributed by atoms with van der Waals surface area (Å²) in [6, 6.07) is 0.570. The highest BCUT2D eigenvalue weighted by atomic mass is 35.5. The van der Waals surface area contributed by atoms with Gasteiger partial charge in [0.25, 0.3) is 0 Å². The quantitative estimate of drug-likeness (QED) is 0.870. The molecule has 3 unspecified atom stereocenters. The van der Waals surface area contributed by atoms with Crippen LogP contribution < -0.4 is 5.32 Å². The molecule has 0 aliphatic heterocycles. The van der Waals surface area contributed by atoms with Gasteiger partial charge in [-0.25, -0.2) is 0 Å². The first kappa shape index (κ1) is 15.4. The van der Waals surface area contributed by atoms with Crippen molar-refractivity contribution in [1.82, 2.24) is 15.1 Å². The molecule has 0 radical (unpaired) electrons. The molecule has 2 fully saturated rings. The molecule has 3 nitrogen and oxygen atoms in total. The average Bonchev–Trinajstić information content (AvgIpc) is 3.15. The molecule has 0 saturated heterocycles. The third-order valence-corrected chi connectivity index (χ3v) is 6.01. The molecule has 118 valence electrons. The summed E-state index contributed by atoms with van der Waals surface area (Å²) in [5.41, 5.74) is 2.25. The fourth-order valence-electron chi connectivity index (χ4n) is 4.50. The van der Waals surface area contributed by atoms with Gasteiger partial charge in [-0.3, -0.25) is 4.68 Å². The van der Waals surface area contributed by atoms with E-state index < -0.39 is 0 Å². The predicted octanol–water partition coefficient (Wildman–Crippen LogP) is 3.59. The second kappa shape index (κ2) is 6.29. The molecule has 2 saturated carbocycles. The van der Waals surface area contributed by atoms with Gasteiger partial charge >= 0.3 is 0 Å². The first-order chi connectivity index (χ1) is 10.2. The van der Waals surface area contributed by atoms with E-state index in [1.54, 1.807) is 0 Å². The van der Waals surface area contributed by atoms with Gasteiger partial charge in [0, 0.05) is 19.5 Å². The fourth-order valence-corrected chi connectivity index (χ4v) is 4.87. The van der Waals surface area contributed by atoms with Gasteiger partial charge in [0.15, 0.2) is 0 Å². The molecule has 1 aromatic rings. The van der Waals surface area contributed by atoms with Crippen LogP contribution in [0.25, 0.3) is 0 Å². The van der Waals surface area contributed by atoms with Crippen molar-refractivity contribution in [3.05, 3.63) is 16.4 Å². The minimum Gasteiger partial charge on any atom is -0.314 e. The SMILES string of the molecule is CCNC(Cc1c(Cl)c(CC)nn1C)C1C2CCCCC21. The van der Waals surface area contributed by atoms with Crippen LogP contribution in [-0.2, 0) is 19.9 Å². The molecule has 1 heterocycles. The minimum absolute atomic E-state index is 0.570. The molecular formula is C17H28ClN3. The van der Waals surface area contributed by atoms with Gasteiger partial charge in [-0.1, -0.05) is 38.3 Å². The van der Waals surface area contributed by atoms with E-state index >= 15 is 0 Å². The molecule has 0 spiro atoms. The second-order valence-electron chi connectivity index (χ2n) is 6.74. The number of rotatable bonds is 6. The molecule has 2 aliphatic rings. The maximum absolute atomic E-state index is 6.54. The van der Waals surface area contributed by atoms with Crippen molar-refractivity contribution < 1.29 is 0 Å². The summed E-state index contributed by atoms with van der Waals surface area (Å²) in [6.07, 6.45) is 7.68. The van der Waals surface area contributed by atoms with Crippen LogP contribution in [0.15, 0.2) is 0 Å². The standard InChI is InChI=1S/C17H28ClN3/c1-4-13-17(18)15(21(3)20-13)10-14(19-5-2)16-11-8-6-7-9-12(11)16/h11-12,14,16,19H,4-10H2,1-3H3. The minimum atomic E-state index is 0.570. The Morgan fingerprint density at radius 3 is 2.48 bits per heavy atom. The highest BCUT2D eigenvalue weighted by Crippen LogP contribution is 2.57. The summed E-state index contributed by atoms with van der Waals surface area (Å²) in [5.74, 6) is 2.81. The summed E-state index contributed by atoms with van der Waals surface area (Å²) in [4.78, 5) is 0. The van der Waals surface area contributed by atoms with Crippen LogP contribution in [0.2, 0.25) is 5.02 Å². The number of aromatic nitrogens is 2. The van der Waals surface area contributed by atoms with Crippen molar-refractivity contribution in [3.63, 3.8) is 0 Å². The Bertz CT molecular complexity index is 484. The number of nitrogens with zero attached hydrogens (tertiary/aromatic N) is 2. The topological polar surface area (TPSA) is 29.9 Å². The van der Waals surface area contributed by atoms with Crippen molar-refractivity contribution in [2.75, 3.05) is 6.54 Å². The van der Waals surface area contributed by atoms with Crippen LogP contribution in [0.4, 0.5) is 0 Å². The monoisotopic (exact) mass is 309 g/mol. The first-order valence-electron chi connectivity index (χ1n) is 8.61. The Kier molecular flexibility index (Phi) is 4.60. The smallest absolute Gasteiger partial charge is 0.0850 e. The molecule has 1 aromatic heterocycles. The Labute approximate surface area is 133 Å². The van der Waals surface area contributed by atoms with Gasteiger partial charge in [0.05, 0.1) is 16.4 Å². The van der Waals surface area contributed by atoms with Crippen molar-refractivity contribution in [2.45, 2.75) is 58.4 Å². The molecule has 1 N–H and O–H groups in total. The number of hydrogen-bond donors (Lipinski definition) is 1. The van der Waals surface area contributed by atoms with Crippen molar-refractivity contribution >= 4 is 11.6 Å². The maximum atomic E-state index is 6.54. The Hall–Kier alpha value is -0.540. The van der Waals surface area contributed by atoms with Crippen LogP contribution in [0, 0.1) is 17.8 Å². The molecule has 21 heavy (non-hydrogen) atoms. The van der Waals surface area contributed by atoms with E-state index in [4.69, 9.17) is 11.6 Å². The van der Waals surface area contributed by atoms with E-state index in [-0.39, 0.29) is 0 Å². The predicted molar refractivity (Wildman–Crippen MR) is 87.7 cm³/mol. The van der Waals surface area contributed by atoms with E-state index in [0.717, 1.165) is 47.9 Å². The van der Waals surface area contributed by atoms with E-state index in [1.807, 2.05) is 11.7 Å². The summed E-state index contributed by atoms with van der Waals surface area (Å²) in [7, 11) is 2.03. The summed E-state index contributed by atoms with van der Waals surface area (Å²) in [5, 5.41) is 9.20. The summed E-state index contributed by atoms with van der Waals surface area (Å²) >= 11 is 6.54. The van der Waals surface area contributed by atoms with Crippen LogP contribution >= 0.6 is 11.6 Å². The number of nitrogens with one attached hydrogen (secondary N) is 1. The van der Waals surface area contributed by atoms with E-state index in [1.165, 1.54) is 31.4 Å². The van der Waals surface area contributed by atoms with Gasteiger partial charge in [0.1, 0.15) is 0 Å². The van der Waals surface area contributed by atoms with Gasteiger partial charge in [-0.2, -0.15) is 5.10 Å². The van der Waals surface area contributed by atoms with Crippen molar-refractivity contribution in [2.24, 2.45) is 24.8 Å². The molecule has 0 bridgehead atoms. The van der Waals surface area contributed by atoms with Gasteiger partial charge in [-0.05, 0) is 43.6 Å². The Balaban J connectivity index is 1.75. The molecule has 3 atom stereocenters. The van der Waals surface area contributed by atoms with E-state index in [2.05, 4.69) is 24.3 Å². The lowest BCUT2D eigenvalue weighted by Gasteiger charge is -2.19. The molecule has 0 amide bonds. The highest BCUT2D eigenvalue weighted by molar-refractivity contribution is 6.31. The van der Waals surface area contributed by atoms with Gasteiger partial charge in [-0.15, -0.1) is 0 Å². The average molecular weight is 310 g/mol.